The summed E-state index contributed by atoms with van der Waals surface area (Å²) in [7, 11) is 1.87. The van der Waals surface area contributed by atoms with E-state index in [0.717, 1.165) is 28.8 Å². The van der Waals surface area contributed by atoms with Gasteiger partial charge in [-0.05, 0) is 25.0 Å². The van der Waals surface area contributed by atoms with Gasteiger partial charge in [0.25, 0.3) is 0 Å². The highest BCUT2D eigenvalue weighted by Crippen LogP contribution is 2.26. The van der Waals surface area contributed by atoms with Crippen LogP contribution in [0.3, 0.4) is 0 Å². The number of aryl methyl sites for hydroxylation is 3. The van der Waals surface area contributed by atoms with E-state index in [1.54, 1.807) is 17.1 Å². The first-order valence-electron chi connectivity index (χ1n) is 5.74. The lowest BCUT2D eigenvalue weighted by atomic mass is 9.99. The molecule has 0 aliphatic heterocycles. The zero-order valence-electron chi connectivity index (χ0n) is 10.4. The lowest BCUT2D eigenvalue weighted by molar-refractivity contribution is 0.218. The van der Waals surface area contributed by atoms with Gasteiger partial charge in [-0.25, -0.2) is 0 Å². The highest BCUT2D eigenvalue weighted by Gasteiger charge is 2.18. The van der Waals surface area contributed by atoms with Crippen LogP contribution in [0.15, 0.2) is 24.7 Å². The van der Waals surface area contributed by atoms with Gasteiger partial charge in [-0.2, -0.15) is 5.10 Å². The predicted octanol–water partition coefficient (Wildman–Crippen LogP) is 1.77. The van der Waals surface area contributed by atoms with Crippen molar-refractivity contribution in [1.29, 1.82) is 0 Å². The van der Waals surface area contributed by atoms with Crippen molar-refractivity contribution in [1.82, 2.24) is 14.8 Å². The number of aromatic nitrogens is 3. The van der Waals surface area contributed by atoms with Gasteiger partial charge in [-0.15, -0.1) is 0 Å². The standard InChI is InChI=1S/C13H17N3O/c1-4-12-11(8-16(3)15-12)13(17)10-7-14-6-5-9(10)2/h5-8,13,17H,4H2,1-3H3. The van der Waals surface area contributed by atoms with Crippen LogP contribution < -0.4 is 0 Å². The predicted molar refractivity (Wildman–Crippen MR) is 65.6 cm³/mol. The second-order valence-electron chi connectivity index (χ2n) is 4.19. The van der Waals surface area contributed by atoms with Gasteiger partial charge < -0.3 is 5.11 Å². The summed E-state index contributed by atoms with van der Waals surface area (Å²) in [5, 5.41) is 14.7. The van der Waals surface area contributed by atoms with E-state index in [9.17, 15) is 5.11 Å². The Morgan fingerprint density at radius 3 is 2.82 bits per heavy atom. The van der Waals surface area contributed by atoms with Crippen LogP contribution in [0.5, 0.6) is 0 Å². The summed E-state index contributed by atoms with van der Waals surface area (Å²) in [5.74, 6) is 0. The number of pyridine rings is 1. The van der Waals surface area contributed by atoms with Crippen LogP contribution in [0.25, 0.3) is 0 Å². The van der Waals surface area contributed by atoms with Crippen LogP contribution in [0.1, 0.15) is 35.4 Å². The van der Waals surface area contributed by atoms with Crippen LogP contribution in [-0.4, -0.2) is 19.9 Å². The molecule has 0 amide bonds. The van der Waals surface area contributed by atoms with E-state index in [4.69, 9.17) is 0 Å². The molecule has 0 bridgehead atoms. The molecule has 2 aromatic heterocycles. The van der Waals surface area contributed by atoms with Crippen LogP contribution >= 0.6 is 0 Å². The molecule has 2 heterocycles. The molecule has 1 N–H and O–H groups in total. The van der Waals surface area contributed by atoms with Gasteiger partial charge in [0.05, 0.1) is 5.69 Å². The summed E-state index contributed by atoms with van der Waals surface area (Å²) in [4.78, 5) is 4.07. The van der Waals surface area contributed by atoms with Gasteiger partial charge in [-0.1, -0.05) is 6.92 Å². The second-order valence-corrected chi connectivity index (χ2v) is 4.19. The summed E-state index contributed by atoms with van der Waals surface area (Å²) in [6, 6.07) is 1.90. The van der Waals surface area contributed by atoms with Gasteiger partial charge in [0.2, 0.25) is 0 Å². The van der Waals surface area contributed by atoms with Crippen molar-refractivity contribution in [3.8, 4) is 0 Å². The topological polar surface area (TPSA) is 50.9 Å². The zero-order valence-corrected chi connectivity index (χ0v) is 10.4. The van der Waals surface area contributed by atoms with Crippen LogP contribution in [0, 0.1) is 6.92 Å². The van der Waals surface area contributed by atoms with Gasteiger partial charge in [0.15, 0.2) is 0 Å². The molecular weight excluding hydrogens is 214 g/mol. The van der Waals surface area contributed by atoms with Crippen molar-refractivity contribution in [3.63, 3.8) is 0 Å². The Labute approximate surface area is 101 Å². The molecule has 1 atom stereocenters. The molecule has 0 saturated heterocycles. The Kier molecular flexibility index (Phi) is 3.24. The highest BCUT2D eigenvalue weighted by molar-refractivity contribution is 5.34. The summed E-state index contributed by atoms with van der Waals surface area (Å²) >= 11 is 0. The molecule has 0 aliphatic carbocycles. The van der Waals surface area contributed by atoms with E-state index in [1.807, 2.05) is 33.2 Å². The maximum Gasteiger partial charge on any atom is 0.109 e. The van der Waals surface area contributed by atoms with Crippen molar-refractivity contribution in [3.05, 3.63) is 47.0 Å². The SMILES string of the molecule is CCc1nn(C)cc1C(O)c1cnccc1C. The Balaban J connectivity index is 2.43. The third-order valence-corrected chi connectivity index (χ3v) is 2.94. The van der Waals surface area contributed by atoms with Crippen molar-refractivity contribution in [2.75, 3.05) is 0 Å². The Morgan fingerprint density at radius 1 is 1.41 bits per heavy atom. The quantitative estimate of drug-likeness (QED) is 0.875. The number of rotatable bonds is 3. The van der Waals surface area contributed by atoms with Crippen molar-refractivity contribution >= 4 is 0 Å². The van der Waals surface area contributed by atoms with Gasteiger partial charge in [-0.3, -0.25) is 9.67 Å². The lowest BCUT2D eigenvalue weighted by Crippen LogP contribution is -2.04. The Hall–Kier alpha value is -1.68. The third kappa shape index (κ3) is 2.22. The fraction of sp³-hybridized carbons (Fsp3) is 0.385. The van der Waals surface area contributed by atoms with E-state index >= 15 is 0 Å². The summed E-state index contributed by atoms with van der Waals surface area (Å²) in [6.45, 7) is 4.01. The number of hydrogen-bond donors (Lipinski definition) is 1. The molecule has 2 rings (SSSR count). The fourth-order valence-electron chi connectivity index (χ4n) is 1.99. The van der Waals surface area contributed by atoms with E-state index in [2.05, 4.69) is 10.1 Å². The van der Waals surface area contributed by atoms with Crippen molar-refractivity contribution < 1.29 is 5.11 Å². The first-order valence-corrected chi connectivity index (χ1v) is 5.74. The minimum absolute atomic E-state index is 0.646. The van der Waals surface area contributed by atoms with E-state index in [0.29, 0.717) is 0 Å². The number of aliphatic hydroxyl groups is 1. The third-order valence-electron chi connectivity index (χ3n) is 2.94. The zero-order chi connectivity index (χ0) is 12.4. The Morgan fingerprint density at radius 2 is 2.18 bits per heavy atom. The monoisotopic (exact) mass is 231 g/mol. The molecule has 0 aromatic carbocycles. The van der Waals surface area contributed by atoms with Gasteiger partial charge >= 0.3 is 0 Å². The van der Waals surface area contributed by atoms with Gasteiger partial charge in [0.1, 0.15) is 6.10 Å². The molecule has 0 saturated carbocycles. The molecular formula is C13H17N3O. The van der Waals surface area contributed by atoms with Crippen molar-refractivity contribution in [2.24, 2.45) is 7.05 Å². The largest absolute Gasteiger partial charge is 0.383 e. The lowest BCUT2D eigenvalue weighted by Gasteiger charge is -2.12. The molecule has 1 unspecified atom stereocenters. The van der Waals surface area contributed by atoms with Crippen LogP contribution in [0.2, 0.25) is 0 Å². The number of hydrogen-bond acceptors (Lipinski definition) is 3. The Bertz CT molecular complexity index is 519. The van der Waals surface area contributed by atoms with Gasteiger partial charge in [0, 0.05) is 36.8 Å². The molecule has 4 nitrogen and oxygen atoms in total. The first-order chi connectivity index (χ1) is 8.13. The smallest absolute Gasteiger partial charge is 0.109 e. The summed E-state index contributed by atoms with van der Waals surface area (Å²) < 4.78 is 1.74. The molecule has 4 heteroatoms. The second kappa shape index (κ2) is 4.67. The number of aliphatic hydroxyl groups excluding tert-OH is 1. The van der Waals surface area contributed by atoms with E-state index in [1.165, 1.54) is 0 Å². The van der Waals surface area contributed by atoms with Crippen LogP contribution in [-0.2, 0) is 13.5 Å². The summed E-state index contributed by atoms with van der Waals surface area (Å²) in [6.07, 6.45) is 5.48. The highest BCUT2D eigenvalue weighted by atomic mass is 16.3. The molecule has 0 radical (unpaired) electrons. The normalized spacial score (nSPS) is 12.7. The maximum atomic E-state index is 10.4. The molecule has 0 fully saturated rings. The molecule has 0 spiro atoms. The average Bonchev–Trinajstić information content (AvgIpc) is 2.70. The van der Waals surface area contributed by atoms with E-state index < -0.39 is 6.10 Å². The molecule has 2 aromatic rings. The van der Waals surface area contributed by atoms with E-state index in [-0.39, 0.29) is 0 Å². The number of nitrogens with zero attached hydrogens (tertiary/aromatic N) is 3. The molecule has 17 heavy (non-hydrogen) atoms. The maximum absolute atomic E-state index is 10.4. The minimum atomic E-state index is -0.646. The molecule has 90 valence electrons. The fourth-order valence-corrected chi connectivity index (χ4v) is 1.99. The minimum Gasteiger partial charge on any atom is -0.383 e. The molecule has 0 aliphatic rings. The van der Waals surface area contributed by atoms with Crippen LogP contribution in [0.4, 0.5) is 0 Å². The van der Waals surface area contributed by atoms with Crippen molar-refractivity contribution in [2.45, 2.75) is 26.4 Å². The average molecular weight is 231 g/mol. The summed E-state index contributed by atoms with van der Waals surface area (Å²) in [5.41, 5.74) is 3.68. The first kappa shape index (κ1) is 11.8.